The SMILES string of the molecule is CC/C=C\C/C=C\C/C=C\CCCCCCCCCC(=O)NC(COC1OC(CO)C(O)C(O)C1O)C(O)/C=C/CCCCCC. The van der Waals surface area contributed by atoms with Gasteiger partial charge in [-0.2, -0.15) is 0 Å². The van der Waals surface area contributed by atoms with E-state index in [0.717, 1.165) is 83.5 Å². The molecular weight excluding hydrogens is 586 g/mol. The van der Waals surface area contributed by atoms with Gasteiger partial charge in [-0.25, -0.2) is 0 Å². The highest BCUT2D eigenvalue weighted by Gasteiger charge is 2.44. The van der Waals surface area contributed by atoms with Crippen LogP contribution in [0.3, 0.4) is 0 Å². The highest BCUT2D eigenvalue weighted by Crippen LogP contribution is 2.22. The number of hydrogen-bond acceptors (Lipinski definition) is 8. The van der Waals surface area contributed by atoms with Crippen molar-refractivity contribution in [2.45, 2.75) is 166 Å². The summed E-state index contributed by atoms with van der Waals surface area (Å²) in [7, 11) is 0. The molecule has 1 aliphatic heterocycles. The molecule has 266 valence electrons. The third-order valence-electron chi connectivity index (χ3n) is 8.16. The Morgan fingerprint density at radius 1 is 0.761 bits per heavy atom. The molecule has 1 fully saturated rings. The minimum Gasteiger partial charge on any atom is -0.394 e. The molecule has 9 nitrogen and oxygen atoms in total. The minimum atomic E-state index is -1.57. The van der Waals surface area contributed by atoms with E-state index >= 15 is 0 Å². The van der Waals surface area contributed by atoms with Crippen molar-refractivity contribution in [3.8, 4) is 0 Å². The summed E-state index contributed by atoms with van der Waals surface area (Å²) in [4.78, 5) is 12.8. The lowest BCUT2D eigenvalue weighted by Gasteiger charge is -2.40. The number of carbonyl (C=O) groups is 1. The van der Waals surface area contributed by atoms with Gasteiger partial charge < -0.3 is 40.3 Å². The van der Waals surface area contributed by atoms with Crippen LogP contribution in [-0.4, -0.2) is 87.5 Å². The number of carbonyl (C=O) groups excluding carboxylic acids is 1. The molecule has 7 atom stereocenters. The van der Waals surface area contributed by atoms with Gasteiger partial charge in [0.15, 0.2) is 6.29 Å². The summed E-state index contributed by atoms with van der Waals surface area (Å²) in [5.41, 5.74) is 0. The fourth-order valence-corrected chi connectivity index (χ4v) is 5.23. The molecule has 0 bridgehead atoms. The Balaban J connectivity index is 2.38. The fourth-order valence-electron chi connectivity index (χ4n) is 5.23. The molecule has 0 aliphatic carbocycles. The Morgan fingerprint density at radius 3 is 2.00 bits per heavy atom. The minimum absolute atomic E-state index is 0.196. The summed E-state index contributed by atoms with van der Waals surface area (Å²) in [6.07, 6.45) is 26.1. The normalized spacial score (nSPS) is 23.7. The number of hydrogen-bond donors (Lipinski definition) is 6. The zero-order valence-electron chi connectivity index (χ0n) is 28.6. The molecule has 1 aliphatic rings. The summed E-state index contributed by atoms with van der Waals surface area (Å²) >= 11 is 0. The van der Waals surface area contributed by atoms with Gasteiger partial charge in [0, 0.05) is 6.42 Å². The van der Waals surface area contributed by atoms with Crippen molar-refractivity contribution in [2.24, 2.45) is 0 Å². The maximum atomic E-state index is 12.8. The van der Waals surface area contributed by atoms with Crippen molar-refractivity contribution < 1.29 is 39.8 Å². The van der Waals surface area contributed by atoms with E-state index in [-0.39, 0.29) is 12.5 Å². The number of allylic oxidation sites excluding steroid dienone is 7. The molecule has 1 saturated heterocycles. The van der Waals surface area contributed by atoms with E-state index in [4.69, 9.17) is 9.47 Å². The van der Waals surface area contributed by atoms with Crippen molar-refractivity contribution >= 4 is 5.91 Å². The van der Waals surface area contributed by atoms with Crippen molar-refractivity contribution in [1.29, 1.82) is 0 Å². The molecule has 9 heteroatoms. The Bertz CT molecular complexity index is 858. The van der Waals surface area contributed by atoms with Crippen LogP contribution in [0.4, 0.5) is 0 Å². The van der Waals surface area contributed by atoms with Gasteiger partial charge in [-0.1, -0.05) is 114 Å². The molecular formula is C37H65NO8. The van der Waals surface area contributed by atoms with Gasteiger partial charge in [0.1, 0.15) is 24.4 Å². The first-order chi connectivity index (χ1) is 22.3. The largest absolute Gasteiger partial charge is 0.394 e. The quantitative estimate of drug-likeness (QED) is 0.0501. The van der Waals surface area contributed by atoms with Crippen molar-refractivity contribution in [3.63, 3.8) is 0 Å². The number of rotatable bonds is 27. The second-order valence-electron chi connectivity index (χ2n) is 12.3. The molecule has 46 heavy (non-hydrogen) atoms. The second kappa shape index (κ2) is 28.2. The van der Waals surface area contributed by atoms with Gasteiger partial charge in [-0.15, -0.1) is 0 Å². The topological polar surface area (TPSA) is 149 Å². The number of aliphatic hydroxyl groups is 5. The molecule has 0 aromatic carbocycles. The van der Waals surface area contributed by atoms with Gasteiger partial charge in [0.25, 0.3) is 0 Å². The van der Waals surface area contributed by atoms with Crippen molar-refractivity contribution in [1.82, 2.24) is 5.32 Å². The number of ether oxygens (including phenoxy) is 2. The highest BCUT2D eigenvalue weighted by molar-refractivity contribution is 5.76. The molecule has 6 N–H and O–H groups in total. The van der Waals surface area contributed by atoms with Crippen LogP contribution in [0.25, 0.3) is 0 Å². The predicted molar refractivity (Wildman–Crippen MR) is 184 cm³/mol. The molecule has 0 saturated carbocycles. The lowest BCUT2D eigenvalue weighted by atomic mass is 9.99. The van der Waals surface area contributed by atoms with E-state index in [1.165, 1.54) is 19.3 Å². The van der Waals surface area contributed by atoms with Crippen LogP contribution in [0.15, 0.2) is 48.6 Å². The number of unbranched alkanes of at least 4 members (excludes halogenated alkanes) is 11. The lowest BCUT2D eigenvalue weighted by Crippen LogP contribution is -2.60. The van der Waals surface area contributed by atoms with E-state index in [1.807, 2.05) is 6.08 Å². The summed E-state index contributed by atoms with van der Waals surface area (Å²) in [5, 5.41) is 53.5. The zero-order chi connectivity index (χ0) is 33.8. The first kappa shape index (κ1) is 42.2. The third kappa shape index (κ3) is 19.7. The average molecular weight is 652 g/mol. The maximum absolute atomic E-state index is 12.8. The van der Waals surface area contributed by atoms with Crippen LogP contribution in [0.1, 0.15) is 123 Å². The number of aliphatic hydroxyl groups excluding tert-OH is 5. The lowest BCUT2D eigenvalue weighted by molar-refractivity contribution is -0.302. The van der Waals surface area contributed by atoms with E-state index in [0.29, 0.717) is 6.42 Å². The molecule has 0 spiro atoms. The second-order valence-corrected chi connectivity index (χ2v) is 12.3. The monoisotopic (exact) mass is 651 g/mol. The molecule has 1 heterocycles. The van der Waals surface area contributed by atoms with E-state index in [9.17, 15) is 30.3 Å². The highest BCUT2D eigenvalue weighted by atomic mass is 16.7. The van der Waals surface area contributed by atoms with Crippen molar-refractivity contribution in [2.75, 3.05) is 13.2 Å². The summed E-state index contributed by atoms with van der Waals surface area (Å²) in [6, 6.07) is -0.806. The Kier molecular flexibility index (Phi) is 25.8. The first-order valence-electron chi connectivity index (χ1n) is 17.9. The Morgan fingerprint density at radius 2 is 1.35 bits per heavy atom. The van der Waals surface area contributed by atoms with Crippen LogP contribution in [0.2, 0.25) is 0 Å². The Labute approximate surface area is 278 Å². The van der Waals surface area contributed by atoms with Gasteiger partial charge in [-0.05, 0) is 51.4 Å². The van der Waals surface area contributed by atoms with Crippen LogP contribution in [-0.2, 0) is 14.3 Å². The van der Waals surface area contributed by atoms with Gasteiger partial charge in [0.05, 0.1) is 25.4 Å². The zero-order valence-corrected chi connectivity index (χ0v) is 28.6. The number of nitrogens with one attached hydrogen (secondary N) is 1. The van der Waals surface area contributed by atoms with Crippen LogP contribution in [0.5, 0.6) is 0 Å². The smallest absolute Gasteiger partial charge is 0.220 e. The van der Waals surface area contributed by atoms with Crippen LogP contribution >= 0.6 is 0 Å². The molecule has 0 aromatic rings. The maximum Gasteiger partial charge on any atom is 0.220 e. The molecule has 1 amide bonds. The summed E-state index contributed by atoms with van der Waals surface area (Å²) in [6.45, 7) is 3.53. The molecule has 7 unspecified atom stereocenters. The predicted octanol–water partition coefficient (Wildman–Crippen LogP) is 5.54. The summed E-state index contributed by atoms with van der Waals surface area (Å²) in [5.74, 6) is -0.197. The van der Waals surface area contributed by atoms with E-state index in [2.05, 4.69) is 55.6 Å². The van der Waals surface area contributed by atoms with Gasteiger partial charge >= 0.3 is 0 Å². The third-order valence-corrected chi connectivity index (χ3v) is 8.16. The average Bonchev–Trinajstić information content (AvgIpc) is 3.05. The molecule has 0 aromatic heterocycles. The van der Waals surface area contributed by atoms with Crippen molar-refractivity contribution in [3.05, 3.63) is 48.6 Å². The standard InChI is InChI=1S/C37H65NO8/c1-3-5-7-9-11-12-13-14-15-16-17-18-19-20-21-23-25-27-33(41)38-30(31(40)26-24-22-10-8-6-4-2)29-45-37-36(44)35(43)34(42)32(28-39)46-37/h5,7,11-12,14-15,24,26,30-32,34-37,39-40,42-44H,3-4,6,8-10,13,16-23,25,27-29H2,1-2H3,(H,38,41)/b7-5-,12-11-,15-14-,26-24+. The molecule has 1 rings (SSSR count). The number of amides is 1. The van der Waals surface area contributed by atoms with Gasteiger partial charge in [0.2, 0.25) is 5.91 Å². The Hall–Kier alpha value is -1.85. The summed E-state index contributed by atoms with van der Waals surface area (Å²) < 4.78 is 11.1. The first-order valence-corrected chi connectivity index (χ1v) is 17.9. The van der Waals surface area contributed by atoms with Gasteiger partial charge in [-0.3, -0.25) is 4.79 Å². The molecule has 0 radical (unpaired) electrons. The van der Waals surface area contributed by atoms with Crippen LogP contribution < -0.4 is 5.32 Å². The van der Waals surface area contributed by atoms with E-state index in [1.54, 1.807) is 6.08 Å². The fraction of sp³-hybridized carbons (Fsp3) is 0.757. The van der Waals surface area contributed by atoms with E-state index < -0.39 is 49.5 Å². The van der Waals surface area contributed by atoms with Crippen LogP contribution in [0, 0.1) is 0 Å².